The Labute approximate surface area is 153 Å². The minimum atomic E-state index is 0.0378. The molecule has 6 nitrogen and oxygen atoms in total. The summed E-state index contributed by atoms with van der Waals surface area (Å²) >= 11 is 0. The van der Waals surface area contributed by atoms with Crippen molar-refractivity contribution in [2.24, 2.45) is 0 Å². The average molecular weight is 355 g/mol. The van der Waals surface area contributed by atoms with Gasteiger partial charge in [-0.3, -0.25) is 9.59 Å². The number of amides is 1. The Balaban J connectivity index is 1.50. The van der Waals surface area contributed by atoms with Crippen LogP contribution in [0.4, 0.5) is 0 Å². The van der Waals surface area contributed by atoms with Gasteiger partial charge in [-0.15, -0.1) is 0 Å². The molecule has 1 saturated heterocycles. The van der Waals surface area contributed by atoms with Crippen molar-refractivity contribution in [3.8, 4) is 0 Å². The summed E-state index contributed by atoms with van der Waals surface area (Å²) in [6.07, 6.45) is 2.15. The molecule has 0 N–H and O–H groups in total. The fraction of sp³-hybridized carbons (Fsp3) is 0.500. The molecule has 1 fully saturated rings. The molecule has 3 rings (SSSR count). The Bertz CT molecular complexity index is 804. The molecule has 0 spiro atoms. The number of likely N-dealkylation sites (tertiary alicyclic amines) is 1. The number of aryl methyl sites for hydroxylation is 3. The second-order valence-electron chi connectivity index (χ2n) is 7.08. The van der Waals surface area contributed by atoms with Crippen LogP contribution in [0.3, 0.4) is 0 Å². The maximum Gasteiger partial charge on any atom is 0.229 e. The van der Waals surface area contributed by atoms with Crippen molar-refractivity contribution in [2.45, 2.75) is 52.4 Å². The summed E-state index contributed by atoms with van der Waals surface area (Å²) < 4.78 is 5.24. The monoisotopic (exact) mass is 355 g/mol. The molecule has 1 aromatic carbocycles. The Morgan fingerprint density at radius 2 is 1.88 bits per heavy atom. The SMILES string of the molecule is Cc1ccc(C)c(C(=O)CCC(=O)N2CCC(c3nc(C)no3)CC2)c1. The van der Waals surface area contributed by atoms with E-state index < -0.39 is 0 Å². The van der Waals surface area contributed by atoms with Gasteiger partial charge >= 0.3 is 0 Å². The van der Waals surface area contributed by atoms with Gasteiger partial charge in [0, 0.05) is 37.4 Å². The van der Waals surface area contributed by atoms with E-state index in [0.717, 1.165) is 29.5 Å². The summed E-state index contributed by atoms with van der Waals surface area (Å²) in [6.45, 7) is 7.04. The van der Waals surface area contributed by atoms with Gasteiger partial charge in [0.25, 0.3) is 0 Å². The second kappa shape index (κ2) is 7.81. The van der Waals surface area contributed by atoms with Gasteiger partial charge in [0.15, 0.2) is 11.6 Å². The number of nitrogens with zero attached hydrogens (tertiary/aromatic N) is 3. The highest BCUT2D eigenvalue weighted by Crippen LogP contribution is 2.27. The van der Waals surface area contributed by atoms with Crippen LogP contribution in [-0.4, -0.2) is 39.8 Å². The maximum absolute atomic E-state index is 12.5. The Hall–Kier alpha value is -2.50. The van der Waals surface area contributed by atoms with Crippen LogP contribution >= 0.6 is 0 Å². The lowest BCUT2D eigenvalue weighted by Crippen LogP contribution is -2.38. The van der Waals surface area contributed by atoms with E-state index in [0.29, 0.717) is 24.8 Å². The van der Waals surface area contributed by atoms with E-state index in [1.54, 1.807) is 6.92 Å². The maximum atomic E-state index is 12.5. The first-order valence-electron chi connectivity index (χ1n) is 9.12. The first kappa shape index (κ1) is 18.3. The number of hydrogen-bond donors (Lipinski definition) is 0. The van der Waals surface area contributed by atoms with E-state index in [-0.39, 0.29) is 30.4 Å². The van der Waals surface area contributed by atoms with Crippen LogP contribution in [-0.2, 0) is 4.79 Å². The minimum Gasteiger partial charge on any atom is -0.343 e. The zero-order chi connectivity index (χ0) is 18.7. The Morgan fingerprint density at radius 3 is 2.54 bits per heavy atom. The van der Waals surface area contributed by atoms with Gasteiger partial charge in [0.1, 0.15) is 0 Å². The number of aromatic nitrogens is 2. The number of rotatable bonds is 5. The van der Waals surface area contributed by atoms with Gasteiger partial charge < -0.3 is 9.42 Å². The van der Waals surface area contributed by atoms with E-state index in [2.05, 4.69) is 10.1 Å². The van der Waals surface area contributed by atoms with Crippen molar-refractivity contribution in [1.29, 1.82) is 0 Å². The third-order valence-electron chi connectivity index (χ3n) is 5.00. The molecule has 1 amide bonds. The second-order valence-corrected chi connectivity index (χ2v) is 7.08. The van der Waals surface area contributed by atoms with E-state index in [4.69, 9.17) is 4.52 Å². The van der Waals surface area contributed by atoms with Crippen molar-refractivity contribution in [3.05, 3.63) is 46.6 Å². The lowest BCUT2D eigenvalue weighted by atomic mass is 9.96. The van der Waals surface area contributed by atoms with E-state index >= 15 is 0 Å². The first-order valence-corrected chi connectivity index (χ1v) is 9.12. The van der Waals surface area contributed by atoms with Crippen molar-refractivity contribution in [3.63, 3.8) is 0 Å². The predicted octanol–water partition coefficient (Wildman–Crippen LogP) is 3.36. The molecule has 0 saturated carbocycles. The van der Waals surface area contributed by atoms with Crippen LogP contribution in [0.15, 0.2) is 22.7 Å². The minimum absolute atomic E-state index is 0.0378. The molecule has 6 heteroatoms. The molecule has 26 heavy (non-hydrogen) atoms. The zero-order valence-corrected chi connectivity index (χ0v) is 15.6. The van der Waals surface area contributed by atoms with Gasteiger partial charge in [0.05, 0.1) is 0 Å². The molecule has 1 aromatic heterocycles. The Morgan fingerprint density at radius 1 is 1.15 bits per heavy atom. The van der Waals surface area contributed by atoms with E-state index in [1.165, 1.54) is 0 Å². The molecule has 2 heterocycles. The number of ketones is 1. The summed E-state index contributed by atoms with van der Waals surface area (Å²) in [4.78, 5) is 31.0. The standard InChI is InChI=1S/C20H25N3O3/c1-13-4-5-14(2)17(12-13)18(24)6-7-19(25)23-10-8-16(9-11-23)20-21-15(3)22-26-20/h4-5,12,16H,6-11H2,1-3H3. The number of hydrogen-bond acceptors (Lipinski definition) is 5. The molecular weight excluding hydrogens is 330 g/mol. The van der Waals surface area contributed by atoms with Crippen molar-refractivity contribution in [1.82, 2.24) is 15.0 Å². The predicted molar refractivity (Wildman–Crippen MR) is 97.1 cm³/mol. The number of carbonyl (C=O) groups is 2. The smallest absolute Gasteiger partial charge is 0.229 e. The topological polar surface area (TPSA) is 76.3 Å². The van der Waals surface area contributed by atoms with Crippen LogP contribution in [0.5, 0.6) is 0 Å². The Kier molecular flexibility index (Phi) is 5.49. The van der Waals surface area contributed by atoms with E-state index in [9.17, 15) is 9.59 Å². The van der Waals surface area contributed by atoms with Gasteiger partial charge in [-0.25, -0.2) is 0 Å². The van der Waals surface area contributed by atoms with Crippen LogP contribution in [0.1, 0.15) is 64.8 Å². The molecule has 0 unspecified atom stereocenters. The number of Topliss-reactive ketones (excluding diaryl/α,β-unsaturated/α-hetero) is 1. The number of benzene rings is 1. The molecule has 0 radical (unpaired) electrons. The lowest BCUT2D eigenvalue weighted by molar-refractivity contribution is -0.132. The quantitative estimate of drug-likeness (QED) is 0.769. The molecular formula is C20H25N3O3. The summed E-state index contributed by atoms with van der Waals surface area (Å²) in [5, 5.41) is 3.83. The van der Waals surface area contributed by atoms with Gasteiger partial charge in [-0.2, -0.15) is 4.98 Å². The highest BCUT2D eigenvalue weighted by molar-refractivity contribution is 5.99. The third kappa shape index (κ3) is 4.18. The average Bonchev–Trinajstić information content (AvgIpc) is 3.08. The molecule has 0 atom stereocenters. The zero-order valence-electron chi connectivity index (χ0n) is 15.6. The largest absolute Gasteiger partial charge is 0.343 e. The lowest BCUT2D eigenvalue weighted by Gasteiger charge is -2.30. The highest BCUT2D eigenvalue weighted by Gasteiger charge is 2.27. The van der Waals surface area contributed by atoms with E-state index in [1.807, 2.05) is 36.9 Å². The normalized spacial score (nSPS) is 15.3. The van der Waals surface area contributed by atoms with Crippen molar-refractivity contribution < 1.29 is 14.1 Å². The molecule has 1 aliphatic heterocycles. The molecule has 138 valence electrons. The van der Waals surface area contributed by atoms with Gasteiger partial charge in [0.2, 0.25) is 11.8 Å². The summed E-state index contributed by atoms with van der Waals surface area (Å²) in [5.41, 5.74) is 2.75. The van der Waals surface area contributed by atoms with Crippen LogP contribution in [0.25, 0.3) is 0 Å². The van der Waals surface area contributed by atoms with Crippen molar-refractivity contribution >= 4 is 11.7 Å². The van der Waals surface area contributed by atoms with Gasteiger partial charge in [-0.1, -0.05) is 22.9 Å². The first-order chi connectivity index (χ1) is 12.4. The fourth-order valence-electron chi connectivity index (χ4n) is 3.40. The molecule has 2 aromatic rings. The van der Waals surface area contributed by atoms with Gasteiger partial charge in [-0.05, 0) is 45.2 Å². The highest BCUT2D eigenvalue weighted by atomic mass is 16.5. The van der Waals surface area contributed by atoms with Crippen LogP contribution in [0, 0.1) is 20.8 Å². The molecule has 0 bridgehead atoms. The number of piperidine rings is 1. The van der Waals surface area contributed by atoms with Crippen LogP contribution in [0.2, 0.25) is 0 Å². The number of carbonyl (C=O) groups excluding carboxylic acids is 2. The van der Waals surface area contributed by atoms with Crippen LogP contribution < -0.4 is 0 Å². The summed E-state index contributed by atoms with van der Waals surface area (Å²) in [7, 11) is 0. The molecule has 0 aliphatic carbocycles. The third-order valence-corrected chi connectivity index (χ3v) is 5.00. The fourth-order valence-corrected chi connectivity index (χ4v) is 3.40. The molecule has 1 aliphatic rings. The summed E-state index contributed by atoms with van der Waals surface area (Å²) in [5.74, 6) is 1.61. The summed E-state index contributed by atoms with van der Waals surface area (Å²) in [6, 6.07) is 5.85. The van der Waals surface area contributed by atoms with Crippen molar-refractivity contribution in [2.75, 3.05) is 13.1 Å².